The summed E-state index contributed by atoms with van der Waals surface area (Å²) in [4.78, 5) is 22.9. The number of anilines is 3. The van der Waals surface area contributed by atoms with Crippen molar-refractivity contribution in [2.45, 2.75) is 6.54 Å². The lowest BCUT2D eigenvalue weighted by Gasteiger charge is -2.14. The van der Waals surface area contributed by atoms with E-state index >= 15 is 0 Å². The van der Waals surface area contributed by atoms with Gasteiger partial charge in [-0.15, -0.1) is 0 Å². The fourth-order valence-corrected chi connectivity index (χ4v) is 4.22. The lowest BCUT2D eigenvalue weighted by molar-refractivity contribution is -0.114. The topological polar surface area (TPSA) is 97.2 Å². The van der Waals surface area contributed by atoms with Crippen LogP contribution in [-0.2, 0) is 11.3 Å². The Morgan fingerprint density at radius 3 is 2.75 bits per heavy atom. The third-order valence-electron chi connectivity index (χ3n) is 6.18. The molecule has 204 valence electrons. The van der Waals surface area contributed by atoms with Crippen molar-refractivity contribution >= 4 is 44.9 Å². The second kappa shape index (κ2) is 11.5. The van der Waals surface area contributed by atoms with E-state index in [9.17, 15) is 13.6 Å². The maximum atomic E-state index is 14.3. The Kier molecular flexibility index (Phi) is 7.65. The largest absolute Gasteiger partial charge is 0.494 e. The molecule has 0 bridgehead atoms. The normalized spacial score (nSPS) is 11.8. The molecule has 0 fully saturated rings. The summed E-state index contributed by atoms with van der Waals surface area (Å²) in [7, 11) is 5.01. The Hall–Kier alpha value is -4.90. The molecule has 5 aromatic rings. The van der Waals surface area contributed by atoms with Gasteiger partial charge in [-0.1, -0.05) is 12.1 Å². The molecular weight excluding hydrogens is 516 g/mol. The summed E-state index contributed by atoms with van der Waals surface area (Å²) in [5.74, 6) is -1.25. The molecule has 0 aliphatic heterocycles. The number of likely N-dealkylation sites (N-methyl/N-ethyl adjacent to an activating group) is 1. The lowest BCUT2D eigenvalue weighted by atomic mass is 10.1. The number of rotatable bonds is 9. The van der Waals surface area contributed by atoms with Crippen LogP contribution in [0.5, 0.6) is 5.75 Å². The monoisotopic (exact) mass is 543 g/mol. The highest BCUT2D eigenvalue weighted by Gasteiger charge is 2.16. The van der Waals surface area contributed by atoms with Gasteiger partial charge in [-0.3, -0.25) is 9.48 Å². The van der Waals surface area contributed by atoms with Crippen molar-refractivity contribution in [1.82, 2.24) is 24.6 Å². The molecule has 0 spiro atoms. The van der Waals surface area contributed by atoms with E-state index in [2.05, 4.69) is 25.7 Å². The Balaban J connectivity index is 1.42. The number of methoxy groups -OCH3 is 1. The number of amides is 1. The first-order valence-corrected chi connectivity index (χ1v) is 12.4. The van der Waals surface area contributed by atoms with Crippen LogP contribution in [0, 0.1) is 5.82 Å². The fourth-order valence-electron chi connectivity index (χ4n) is 4.22. The number of carbonyl (C=O) groups excluding carboxylic acids is 1. The maximum absolute atomic E-state index is 14.3. The van der Waals surface area contributed by atoms with E-state index in [1.807, 2.05) is 24.3 Å². The number of nitrogens with zero attached hydrogens (tertiary/aromatic N) is 5. The van der Waals surface area contributed by atoms with Crippen LogP contribution in [0.3, 0.4) is 0 Å². The van der Waals surface area contributed by atoms with Gasteiger partial charge >= 0.3 is 0 Å². The Morgan fingerprint density at radius 1 is 1.12 bits per heavy atom. The summed E-state index contributed by atoms with van der Waals surface area (Å²) in [6.45, 7) is 0.718. The van der Waals surface area contributed by atoms with Crippen LogP contribution < -0.4 is 15.4 Å². The SMILES string of the molecule is COc1cc2ncnc(Nc3ccc4c(cnn4Cc4cccc(F)c4)c3)c2cc1NC(=O)C(F)=CCN(C)C. The van der Waals surface area contributed by atoms with Gasteiger partial charge in [0.1, 0.15) is 23.7 Å². The second-order valence-corrected chi connectivity index (χ2v) is 9.39. The van der Waals surface area contributed by atoms with Crippen molar-refractivity contribution in [2.24, 2.45) is 0 Å². The van der Waals surface area contributed by atoms with E-state index in [1.165, 1.54) is 31.6 Å². The van der Waals surface area contributed by atoms with Gasteiger partial charge in [0, 0.05) is 29.1 Å². The number of hydrogen-bond acceptors (Lipinski definition) is 7. The van der Waals surface area contributed by atoms with E-state index < -0.39 is 11.7 Å². The van der Waals surface area contributed by atoms with Crippen molar-refractivity contribution < 1.29 is 18.3 Å². The van der Waals surface area contributed by atoms with E-state index in [0.29, 0.717) is 29.0 Å². The standard InChI is InChI=1S/C29H27F2N7O2/c1-37(2)10-9-23(31)29(39)36-25-13-22-24(14-27(25)40-3)32-17-33-28(22)35-21-7-8-26-19(12-21)15-34-38(26)16-18-5-4-6-20(30)11-18/h4-9,11-15,17H,10,16H2,1-3H3,(H,36,39)(H,32,33,35). The molecule has 0 saturated carbocycles. The summed E-state index contributed by atoms with van der Waals surface area (Å²) < 4.78 is 35.2. The van der Waals surface area contributed by atoms with Gasteiger partial charge in [0.25, 0.3) is 5.91 Å². The van der Waals surface area contributed by atoms with E-state index in [1.54, 1.807) is 48.1 Å². The van der Waals surface area contributed by atoms with Gasteiger partial charge in [0.2, 0.25) is 0 Å². The van der Waals surface area contributed by atoms with Crippen LogP contribution >= 0.6 is 0 Å². The number of halogens is 2. The van der Waals surface area contributed by atoms with Crippen LogP contribution in [0.4, 0.5) is 26.0 Å². The zero-order valence-corrected chi connectivity index (χ0v) is 22.2. The van der Waals surface area contributed by atoms with E-state index in [0.717, 1.165) is 22.2 Å². The number of fused-ring (bicyclic) bond motifs is 2. The molecular formula is C29H27F2N7O2. The quantitative estimate of drug-likeness (QED) is 0.245. The summed E-state index contributed by atoms with van der Waals surface area (Å²) in [6, 6.07) is 15.5. The van der Waals surface area contributed by atoms with Gasteiger partial charge in [-0.05, 0) is 62.1 Å². The molecule has 3 aromatic carbocycles. The minimum Gasteiger partial charge on any atom is -0.494 e. The molecule has 40 heavy (non-hydrogen) atoms. The molecule has 0 aliphatic carbocycles. The Bertz CT molecular complexity index is 1730. The summed E-state index contributed by atoms with van der Waals surface area (Å²) in [6.07, 6.45) is 4.37. The minimum atomic E-state index is -0.898. The predicted octanol–water partition coefficient (Wildman–Crippen LogP) is 5.27. The molecule has 0 unspecified atom stereocenters. The average Bonchev–Trinajstić information content (AvgIpc) is 3.33. The second-order valence-electron chi connectivity index (χ2n) is 9.39. The highest BCUT2D eigenvalue weighted by molar-refractivity contribution is 6.05. The first-order chi connectivity index (χ1) is 19.3. The highest BCUT2D eigenvalue weighted by atomic mass is 19.1. The van der Waals surface area contributed by atoms with Gasteiger partial charge in [0.15, 0.2) is 5.83 Å². The highest BCUT2D eigenvalue weighted by Crippen LogP contribution is 2.34. The maximum Gasteiger partial charge on any atom is 0.284 e. The smallest absolute Gasteiger partial charge is 0.284 e. The van der Waals surface area contributed by atoms with Crippen LogP contribution in [-0.4, -0.2) is 58.3 Å². The third-order valence-corrected chi connectivity index (χ3v) is 6.18. The van der Waals surface area contributed by atoms with Crippen LogP contribution in [0.1, 0.15) is 5.56 Å². The van der Waals surface area contributed by atoms with Crippen molar-refractivity contribution in [3.8, 4) is 5.75 Å². The van der Waals surface area contributed by atoms with Gasteiger partial charge in [-0.25, -0.2) is 18.7 Å². The molecule has 2 aromatic heterocycles. The molecule has 11 heteroatoms. The molecule has 0 aliphatic rings. The molecule has 5 rings (SSSR count). The van der Waals surface area contributed by atoms with Gasteiger partial charge in [-0.2, -0.15) is 5.10 Å². The van der Waals surface area contributed by atoms with Crippen molar-refractivity contribution in [2.75, 3.05) is 38.4 Å². The molecule has 9 nitrogen and oxygen atoms in total. The van der Waals surface area contributed by atoms with Crippen molar-refractivity contribution in [1.29, 1.82) is 0 Å². The van der Waals surface area contributed by atoms with Crippen LogP contribution in [0.2, 0.25) is 0 Å². The number of ether oxygens (including phenoxy) is 1. The Morgan fingerprint density at radius 2 is 1.98 bits per heavy atom. The zero-order chi connectivity index (χ0) is 28.2. The number of benzene rings is 3. The first-order valence-electron chi connectivity index (χ1n) is 12.4. The van der Waals surface area contributed by atoms with Crippen molar-refractivity contribution in [3.05, 3.63) is 90.4 Å². The molecule has 2 N–H and O–H groups in total. The molecule has 1 amide bonds. The number of aromatic nitrogens is 4. The van der Waals surface area contributed by atoms with Gasteiger partial charge in [0.05, 0.1) is 36.6 Å². The first kappa shape index (κ1) is 26.7. The molecule has 2 heterocycles. The molecule has 0 atom stereocenters. The van der Waals surface area contributed by atoms with Crippen LogP contribution in [0.15, 0.2) is 79.0 Å². The van der Waals surface area contributed by atoms with Crippen LogP contribution in [0.25, 0.3) is 21.8 Å². The summed E-state index contributed by atoms with van der Waals surface area (Å²) >= 11 is 0. The fraction of sp³-hybridized carbons (Fsp3) is 0.172. The van der Waals surface area contributed by atoms with E-state index in [-0.39, 0.29) is 18.0 Å². The number of nitrogens with one attached hydrogen (secondary N) is 2. The average molecular weight is 544 g/mol. The number of hydrogen-bond donors (Lipinski definition) is 2. The number of carbonyl (C=O) groups is 1. The minimum absolute atomic E-state index is 0.278. The zero-order valence-electron chi connectivity index (χ0n) is 22.2. The summed E-state index contributed by atoms with van der Waals surface area (Å²) in [5.41, 5.74) is 3.30. The predicted molar refractivity (Wildman–Crippen MR) is 151 cm³/mol. The lowest BCUT2D eigenvalue weighted by Crippen LogP contribution is -2.16. The molecule has 0 radical (unpaired) electrons. The Labute approximate surface area is 229 Å². The van der Waals surface area contributed by atoms with Gasteiger partial charge < -0.3 is 20.3 Å². The van der Waals surface area contributed by atoms with Crippen molar-refractivity contribution in [3.63, 3.8) is 0 Å². The van der Waals surface area contributed by atoms with E-state index in [4.69, 9.17) is 4.74 Å². The molecule has 0 saturated heterocycles. The third kappa shape index (κ3) is 5.89. The summed E-state index contributed by atoms with van der Waals surface area (Å²) in [5, 5.41) is 11.8.